The van der Waals surface area contributed by atoms with Crippen LogP contribution in [-0.2, 0) is 0 Å². The molecule has 1 amide bonds. The Morgan fingerprint density at radius 3 is 2.33 bits per heavy atom. The van der Waals surface area contributed by atoms with Crippen LogP contribution in [0.5, 0.6) is 11.5 Å². The van der Waals surface area contributed by atoms with Gasteiger partial charge in [-0.05, 0) is 54.6 Å². The Morgan fingerprint density at radius 2 is 1.67 bits per heavy atom. The highest BCUT2D eigenvalue weighted by Crippen LogP contribution is 2.22. The first-order valence-electron chi connectivity index (χ1n) is 8.38. The number of carbonyl (C=O) groups is 1. The van der Waals surface area contributed by atoms with Crippen molar-refractivity contribution in [2.45, 2.75) is 0 Å². The van der Waals surface area contributed by atoms with Crippen LogP contribution in [0.4, 0.5) is 5.69 Å². The minimum Gasteiger partial charge on any atom is -0.457 e. The first kappa shape index (κ1) is 16.5. The Kier molecular flexibility index (Phi) is 4.61. The number of benzene rings is 2. The molecule has 2 aromatic heterocycles. The van der Waals surface area contributed by atoms with E-state index in [4.69, 9.17) is 4.74 Å². The Balaban J connectivity index is 1.40. The van der Waals surface area contributed by atoms with E-state index in [-0.39, 0.29) is 5.91 Å². The number of nitrogens with zero attached hydrogens (tertiary/aromatic N) is 3. The van der Waals surface area contributed by atoms with E-state index in [9.17, 15) is 4.79 Å². The fourth-order valence-corrected chi connectivity index (χ4v) is 2.49. The Hall–Kier alpha value is -3.93. The van der Waals surface area contributed by atoms with Gasteiger partial charge in [0, 0.05) is 24.3 Å². The van der Waals surface area contributed by atoms with E-state index in [0.29, 0.717) is 22.8 Å². The summed E-state index contributed by atoms with van der Waals surface area (Å²) in [7, 11) is 0. The van der Waals surface area contributed by atoms with Crippen molar-refractivity contribution in [1.29, 1.82) is 0 Å². The number of amides is 1. The summed E-state index contributed by atoms with van der Waals surface area (Å²) in [6.45, 7) is 0. The van der Waals surface area contributed by atoms with Crippen molar-refractivity contribution in [3.8, 4) is 17.3 Å². The molecule has 0 fully saturated rings. The fourth-order valence-electron chi connectivity index (χ4n) is 2.49. The SMILES string of the molecule is O=C(Nc1ccc(Oc2ccccc2)cc1)c1ccc(-n2cccn2)nc1. The molecule has 0 radical (unpaired) electrons. The first-order chi connectivity index (χ1) is 13.3. The summed E-state index contributed by atoms with van der Waals surface area (Å²) in [5, 5.41) is 6.96. The molecule has 1 N–H and O–H groups in total. The molecule has 4 aromatic rings. The normalized spacial score (nSPS) is 10.4. The second-order valence-electron chi connectivity index (χ2n) is 5.75. The van der Waals surface area contributed by atoms with E-state index >= 15 is 0 Å². The monoisotopic (exact) mass is 356 g/mol. The maximum atomic E-state index is 12.4. The van der Waals surface area contributed by atoms with Crippen LogP contribution < -0.4 is 10.1 Å². The summed E-state index contributed by atoms with van der Waals surface area (Å²) in [6, 6.07) is 22.0. The maximum absolute atomic E-state index is 12.4. The number of para-hydroxylation sites is 1. The number of rotatable bonds is 5. The van der Waals surface area contributed by atoms with Crippen LogP contribution in [0.25, 0.3) is 5.82 Å². The van der Waals surface area contributed by atoms with E-state index in [2.05, 4.69) is 15.4 Å². The molecule has 2 heterocycles. The number of hydrogen-bond donors (Lipinski definition) is 1. The average Bonchev–Trinajstić information content (AvgIpc) is 3.25. The second-order valence-corrected chi connectivity index (χ2v) is 5.75. The van der Waals surface area contributed by atoms with E-state index in [1.165, 1.54) is 6.20 Å². The molecule has 0 atom stereocenters. The van der Waals surface area contributed by atoms with Crippen LogP contribution >= 0.6 is 0 Å². The van der Waals surface area contributed by atoms with Gasteiger partial charge >= 0.3 is 0 Å². The standard InChI is InChI=1S/C21H16N4O2/c26-21(16-7-12-20(22-15-16)25-14-4-13-23-25)24-17-8-10-19(11-9-17)27-18-5-2-1-3-6-18/h1-15H,(H,24,26). The van der Waals surface area contributed by atoms with Crippen LogP contribution in [0.2, 0.25) is 0 Å². The van der Waals surface area contributed by atoms with Gasteiger partial charge in [-0.2, -0.15) is 5.10 Å². The zero-order valence-corrected chi connectivity index (χ0v) is 14.3. The van der Waals surface area contributed by atoms with E-state index in [1.54, 1.807) is 41.3 Å². The molecule has 0 bridgehead atoms. The zero-order valence-electron chi connectivity index (χ0n) is 14.3. The van der Waals surface area contributed by atoms with Crippen LogP contribution in [-0.4, -0.2) is 20.7 Å². The highest BCUT2D eigenvalue weighted by molar-refractivity contribution is 6.04. The van der Waals surface area contributed by atoms with Crippen molar-refractivity contribution >= 4 is 11.6 Å². The van der Waals surface area contributed by atoms with Crippen LogP contribution in [0.15, 0.2) is 91.4 Å². The van der Waals surface area contributed by atoms with Gasteiger partial charge in [0.05, 0.1) is 5.56 Å². The van der Waals surface area contributed by atoms with Gasteiger partial charge in [0.25, 0.3) is 5.91 Å². The largest absolute Gasteiger partial charge is 0.457 e. The van der Waals surface area contributed by atoms with Gasteiger partial charge in [0.15, 0.2) is 5.82 Å². The van der Waals surface area contributed by atoms with Gasteiger partial charge in [-0.25, -0.2) is 9.67 Å². The molecular formula is C21H16N4O2. The minimum atomic E-state index is -0.230. The smallest absolute Gasteiger partial charge is 0.257 e. The van der Waals surface area contributed by atoms with E-state index < -0.39 is 0 Å². The Bertz CT molecular complexity index is 1010. The highest BCUT2D eigenvalue weighted by atomic mass is 16.5. The lowest BCUT2D eigenvalue weighted by atomic mass is 10.2. The van der Waals surface area contributed by atoms with Crippen LogP contribution in [0.1, 0.15) is 10.4 Å². The molecule has 27 heavy (non-hydrogen) atoms. The molecule has 0 aliphatic rings. The molecule has 6 nitrogen and oxygen atoms in total. The van der Waals surface area contributed by atoms with Crippen molar-refractivity contribution in [1.82, 2.24) is 14.8 Å². The number of aromatic nitrogens is 3. The van der Waals surface area contributed by atoms with Crippen molar-refractivity contribution in [3.05, 3.63) is 97.0 Å². The summed E-state index contributed by atoms with van der Waals surface area (Å²) in [5.41, 5.74) is 1.15. The van der Waals surface area contributed by atoms with Crippen LogP contribution in [0.3, 0.4) is 0 Å². The van der Waals surface area contributed by atoms with Gasteiger partial charge in [-0.15, -0.1) is 0 Å². The average molecular weight is 356 g/mol. The predicted molar refractivity (Wildman–Crippen MR) is 102 cm³/mol. The van der Waals surface area contributed by atoms with Crippen molar-refractivity contribution in [2.75, 3.05) is 5.32 Å². The summed E-state index contributed by atoms with van der Waals surface area (Å²) < 4.78 is 7.37. The molecule has 0 saturated heterocycles. The zero-order chi connectivity index (χ0) is 18.5. The third-order valence-electron chi connectivity index (χ3n) is 3.84. The first-order valence-corrected chi connectivity index (χ1v) is 8.38. The molecule has 0 aliphatic heterocycles. The lowest BCUT2D eigenvalue weighted by Crippen LogP contribution is -2.12. The molecule has 0 spiro atoms. The van der Waals surface area contributed by atoms with E-state index in [1.807, 2.05) is 48.5 Å². The number of carbonyl (C=O) groups excluding carboxylic acids is 1. The van der Waals surface area contributed by atoms with Gasteiger partial charge in [-0.1, -0.05) is 18.2 Å². The summed E-state index contributed by atoms with van der Waals surface area (Å²) in [5.74, 6) is 1.88. The Labute approximate surface area is 156 Å². The predicted octanol–water partition coefficient (Wildman–Crippen LogP) is 4.31. The highest BCUT2D eigenvalue weighted by Gasteiger charge is 2.08. The maximum Gasteiger partial charge on any atom is 0.257 e. The van der Waals surface area contributed by atoms with Crippen LogP contribution in [0, 0.1) is 0 Å². The summed E-state index contributed by atoms with van der Waals surface area (Å²) in [4.78, 5) is 16.6. The summed E-state index contributed by atoms with van der Waals surface area (Å²) in [6.07, 6.45) is 4.99. The second kappa shape index (κ2) is 7.53. The molecule has 0 aliphatic carbocycles. The molecule has 132 valence electrons. The minimum absolute atomic E-state index is 0.230. The van der Waals surface area contributed by atoms with Gasteiger partial charge in [0.1, 0.15) is 11.5 Å². The molecule has 6 heteroatoms. The Morgan fingerprint density at radius 1 is 0.889 bits per heavy atom. The number of hydrogen-bond acceptors (Lipinski definition) is 4. The third-order valence-corrected chi connectivity index (χ3v) is 3.84. The number of nitrogens with one attached hydrogen (secondary N) is 1. The van der Waals surface area contributed by atoms with Gasteiger partial charge in [0.2, 0.25) is 0 Å². The molecule has 0 saturated carbocycles. The number of anilines is 1. The lowest BCUT2D eigenvalue weighted by Gasteiger charge is -2.08. The molecule has 2 aromatic carbocycles. The summed E-state index contributed by atoms with van der Waals surface area (Å²) >= 11 is 0. The van der Waals surface area contributed by atoms with Gasteiger partial charge in [-0.3, -0.25) is 4.79 Å². The number of ether oxygens (including phenoxy) is 1. The van der Waals surface area contributed by atoms with Crippen molar-refractivity contribution in [3.63, 3.8) is 0 Å². The number of pyridine rings is 1. The van der Waals surface area contributed by atoms with Gasteiger partial charge < -0.3 is 10.1 Å². The fraction of sp³-hybridized carbons (Fsp3) is 0. The van der Waals surface area contributed by atoms with Crippen molar-refractivity contribution in [2.24, 2.45) is 0 Å². The van der Waals surface area contributed by atoms with Crippen molar-refractivity contribution < 1.29 is 9.53 Å². The quantitative estimate of drug-likeness (QED) is 0.578. The molecular weight excluding hydrogens is 340 g/mol. The molecule has 0 unspecified atom stereocenters. The molecule has 4 rings (SSSR count). The van der Waals surface area contributed by atoms with E-state index in [0.717, 1.165) is 5.75 Å². The lowest BCUT2D eigenvalue weighted by molar-refractivity contribution is 0.102. The topological polar surface area (TPSA) is 69.0 Å². The third kappa shape index (κ3) is 4.01.